The maximum absolute atomic E-state index is 14.6. The van der Waals surface area contributed by atoms with Crippen LogP contribution in [0, 0.1) is 17.0 Å². The topological polar surface area (TPSA) is 65.5 Å². The molecule has 9 heteroatoms. The molecular weight excluding hydrogens is 420 g/mol. The number of carbonyl (C=O) groups excluding carboxylic acids is 1. The molecule has 1 saturated heterocycles. The van der Waals surface area contributed by atoms with E-state index in [1.807, 2.05) is 20.1 Å². The number of benzene rings is 1. The van der Waals surface area contributed by atoms with Crippen molar-refractivity contribution in [2.24, 2.45) is 5.41 Å². The van der Waals surface area contributed by atoms with Crippen LogP contribution in [0.5, 0.6) is 0 Å². The summed E-state index contributed by atoms with van der Waals surface area (Å²) in [4.78, 5) is 18.9. The number of halogens is 3. The standard InChI is InChI=1S/C19H20ClF2N3OS.CH4O/c1-19(2)7-9-25(13-5-4-12(21)15(20)16(13)22)17(19)18(26)24-11-6-8-23-14(10-11)27-3;1-2/h4-6,8,10,17H,7,9H2,1-3H3,(H,23,24,26);2H,1H3. The van der Waals surface area contributed by atoms with Crippen molar-refractivity contribution < 1.29 is 18.7 Å². The Morgan fingerprint density at radius 3 is 2.69 bits per heavy atom. The van der Waals surface area contributed by atoms with Crippen LogP contribution in [-0.2, 0) is 4.79 Å². The highest BCUT2D eigenvalue weighted by atomic mass is 35.5. The molecule has 1 aliphatic heterocycles. The second kappa shape index (κ2) is 9.73. The third kappa shape index (κ3) is 4.99. The first-order valence-electron chi connectivity index (χ1n) is 8.90. The molecule has 2 N–H and O–H groups in total. The number of thioether (sulfide) groups is 1. The largest absolute Gasteiger partial charge is 0.400 e. The second-order valence-electron chi connectivity index (χ2n) is 7.11. The number of amides is 1. The highest BCUT2D eigenvalue weighted by Gasteiger charge is 2.46. The molecule has 1 aromatic carbocycles. The fraction of sp³-hybridized carbons (Fsp3) is 0.400. The Kier molecular flexibility index (Phi) is 7.85. The summed E-state index contributed by atoms with van der Waals surface area (Å²) in [7, 11) is 1.00. The highest BCUT2D eigenvalue weighted by molar-refractivity contribution is 7.98. The quantitative estimate of drug-likeness (QED) is 0.534. The molecule has 1 unspecified atom stereocenters. The van der Waals surface area contributed by atoms with Crippen LogP contribution in [0.3, 0.4) is 0 Å². The number of hydrogen-bond donors (Lipinski definition) is 2. The van der Waals surface area contributed by atoms with Gasteiger partial charge in [0.1, 0.15) is 16.9 Å². The molecule has 158 valence electrons. The first-order valence-corrected chi connectivity index (χ1v) is 10.5. The van der Waals surface area contributed by atoms with E-state index in [0.29, 0.717) is 18.7 Å². The van der Waals surface area contributed by atoms with Gasteiger partial charge in [-0.15, -0.1) is 11.8 Å². The molecule has 1 aromatic heterocycles. The molecule has 1 fully saturated rings. The predicted molar refractivity (Wildman–Crippen MR) is 114 cm³/mol. The Bertz CT molecular complexity index is 883. The molecular formula is C20H24ClF2N3O2S. The molecule has 0 bridgehead atoms. The molecule has 0 saturated carbocycles. The van der Waals surface area contributed by atoms with Crippen molar-refractivity contribution in [3.63, 3.8) is 0 Å². The molecule has 1 atom stereocenters. The lowest BCUT2D eigenvalue weighted by molar-refractivity contribution is -0.119. The van der Waals surface area contributed by atoms with Crippen LogP contribution in [0.2, 0.25) is 5.02 Å². The summed E-state index contributed by atoms with van der Waals surface area (Å²) in [6, 6.07) is 5.31. The minimum Gasteiger partial charge on any atom is -0.400 e. The van der Waals surface area contributed by atoms with Crippen molar-refractivity contribution >= 4 is 40.6 Å². The number of anilines is 2. The third-order valence-electron chi connectivity index (χ3n) is 4.83. The molecule has 3 rings (SSSR count). The highest BCUT2D eigenvalue weighted by Crippen LogP contribution is 2.41. The van der Waals surface area contributed by atoms with Crippen molar-refractivity contribution in [2.45, 2.75) is 31.3 Å². The van der Waals surface area contributed by atoms with Gasteiger partial charge >= 0.3 is 0 Å². The van der Waals surface area contributed by atoms with Crippen LogP contribution in [0.4, 0.5) is 20.2 Å². The van der Waals surface area contributed by atoms with Gasteiger partial charge in [-0.1, -0.05) is 25.4 Å². The van der Waals surface area contributed by atoms with E-state index in [4.69, 9.17) is 16.7 Å². The molecule has 0 aliphatic carbocycles. The van der Waals surface area contributed by atoms with E-state index in [-0.39, 0.29) is 11.6 Å². The third-order valence-corrected chi connectivity index (χ3v) is 5.82. The van der Waals surface area contributed by atoms with E-state index in [1.54, 1.807) is 23.2 Å². The molecule has 1 amide bonds. The number of aliphatic hydroxyl groups excluding tert-OH is 1. The molecule has 2 aromatic rings. The minimum absolute atomic E-state index is 0.131. The van der Waals surface area contributed by atoms with Crippen molar-refractivity contribution in [3.05, 3.63) is 47.1 Å². The van der Waals surface area contributed by atoms with Crippen LogP contribution < -0.4 is 10.2 Å². The smallest absolute Gasteiger partial charge is 0.247 e. The van der Waals surface area contributed by atoms with Gasteiger partial charge in [-0.25, -0.2) is 13.8 Å². The number of rotatable bonds is 4. The summed E-state index contributed by atoms with van der Waals surface area (Å²) < 4.78 is 28.1. The fourth-order valence-corrected chi connectivity index (χ4v) is 3.97. The average Bonchev–Trinajstić information content (AvgIpc) is 3.03. The Labute approximate surface area is 178 Å². The van der Waals surface area contributed by atoms with E-state index >= 15 is 0 Å². The molecule has 29 heavy (non-hydrogen) atoms. The number of nitrogens with one attached hydrogen (secondary N) is 1. The molecule has 2 heterocycles. The van der Waals surface area contributed by atoms with E-state index in [1.165, 1.54) is 17.8 Å². The summed E-state index contributed by atoms with van der Waals surface area (Å²) in [6.07, 6.45) is 4.21. The average molecular weight is 444 g/mol. The summed E-state index contributed by atoms with van der Waals surface area (Å²) >= 11 is 7.21. The van der Waals surface area contributed by atoms with E-state index in [9.17, 15) is 13.6 Å². The Morgan fingerprint density at radius 1 is 1.34 bits per heavy atom. The van der Waals surface area contributed by atoms with E-state index < -0.39 is 28.1 Å². The van der Waals surface area contributed by atoms with Gasteiger partial charge in [-0.3, -0.25) is 4.79 Å². The Hall–Kier alpha value is -1.90. The lowest BCUT2D eigenvalue weighted by atomic mass is 9.84. The van der Waals surface area contributed by atoms with Crippen molar-refractivity contribution in [3.8, 4) is 0 Å². The normalized spacial score (nSPS) is 17.5. The van der Waals surface area contributed by atoms with Gasteiger partial charge in [0.15, 0.2) is 5.82 Å². The van der Waals surface area contributed by atoms with Crippen LogP contribution in [0.1, 0.15) is 20.3 Å². The van der Waals surface area contributed by atoms with Crippen LogP contribution in [0.25, 0.3) is 0 Å². The van der Waals surface area contributed by atoms with Crippen LogP contribution in [0.15, 0.2) is 35.5 Å². The number of aromatic nitrogens is 1. The van der Waals surface area contributed by atoms with Crippen LogP contribution in [-0.4, -0.2) is 41.9 Å². The Morgan fingerprint density at radius 2 is 2.03 bits per heavy atom. The monoisotopic (exact) mass is 443 g/mol. The molecule has 0 spiro atoms. The molecule has 1 aliphatic rings. The maximum Gasteiger partial charge on any atom is 0.247 e. The molecule has 0 radical (unpaired) electrons. The zero-order chi connectivity index (χ0) is 21.8. The van der Waals surface area contributed by atoms with Gasteiger partial charge in [0.05, 0.1) is 10.7 Å². The van der Waals surface area contributed by atoms with Crippen molar-refractivity contribution in [1.82, 2.24) is 4.98 Å². The number of carbonyl (C=O) groups is 1. The number of nitrogens with zero attached hydrogens (tertiary/aromatic N) is 2. The maximum atomic E-state index is 14.6. The number of hydrogen-bond acceptors (Lipinski definition) is 5. The van der Waals surface area contributed by atoms with Crippen molar-refractivity contribution in [2.75, 3.05) is 30.1 Å². The molecule has 5 nitrogen and oxygen atoms in total. The summed E-state index contributed by atoms with van der Waals surface area (Å²) in [5, 5.41) is 10.1. The SMILES string of the molecule is CO.CSc1cc(NC(=O)C2N(c3ccc(F)c(Cl)c3F)CCC2(C)C)ccn1. The first kappa shape index (κ1) is 23.4. The Balaban J connectivity index is 0.00000145. The predicted octanol–water partition coefficient (Wildman–Crippen LogP) is 4.59. The van der Waals surface area contributed by atoms with Gasteiger partial charge in [-0.2, -0.15) is 0 Å². The van der Waals surface area contributed by atoms with Gasteiger partial charge < -0.3 is 15.3 Å². The zero-order valence-electron chi connectivity index (χ0n) is 16.7. The van der Waals surface area contributed by atoms with Gasteiger partial charge in [0, 0.05) is 25.5 Å². The summed E-state index contributed by atoms with van der Waals surface area (Å²) in [6.45, 7) is 4.39. The number of pyridine rings is 1. The number of aliphatic hydroxyl groups is 1. The van der Waals surface area contributed by atoms with E-state index in [2.05, 4.69) is 10.3 Å². The fourth-order valence-electron chi connectivity index (χ4n) is 3.40. The first-order chi connectivity index (χ1) is 13.7. The van der Waals surface area contributed by atoms with Crippen LogP contribution >= 0.6 is 23.4 Å². The minimum atomic E-state index is -0.847. The summed E-state index contributed by atoms with van der Waals surface area (Å²) in [5.74, 6) is -1.92. The zero-order valence-corrected chi connectivity index (χ0v) is 18.2. The second-order valence-corrected chi connectivity index (χ2v) is 8.31. The lowest BCUT2D eigenvalue weighted by Gasteiger charge is -2.33. The lowest BCUT2D eigenvalue weighted by Crippen LogP contribution is -2.46. The van der Waals surface area contributed by atoms with Crippen molar-refractivity contribution in [1.29, 1.82) is 0 Å². The van der Waals surface area contributed by atoms with Gasteiger partial charge in [0.2, 0.25) is 5.91 Å². The van der Waals surface area contributed by atoms with Gasteiger partial charge in [0.25, 0.3) is 0 Å². The van der Waals surface area contributed by atoms with E-state index in [0.717, 1.165) is 18.2 Å². The van der Waals surface area contributed by atoms with Gasteiger partial charge in [-0.05, 0) is 42.4 Å². The summed E-state index contributed by atoms with van der Waals surface area (Å²) in [5.41, 5.74) is 0.360.